The van der Waals surface area contributed by atoms with E-state index < -0.39 is 0 Å². The molecule has 1 aliphatic rings. The molecule has 0 aromatic heterocycles. The Bertz CT molecular complexity index is 190. The zero-order valence-electron chi connectivity index (χ0n) is 11.3. The van der Waals surface area contributed by atoms with Gasteiger partial charge in [-0.3, -0.25) is 4.99 Å². The number of rotatable bonds is 7. The quantitative estimate of drug-likeness (QED) is 0.425. The van der Waals surface area contributed by atoms with E-state index in [9.17, 15) is 0 Å². The van der Waals surface area contributed by atoms with Crippen molar-refractivity contribution in [1.82, 2.24) is 0 Å². The molecule has 0 saturated heterocycles. The Balaban J connectivity index is 2.16. The van der Waals surface area contributed by atoms with Crippen LogP contribution in [0.1, 0.15) is 77.6 Å². The van der Waals surface area contributed by atoms with Crippen molar-refractivity contribution in [2.45, 2.75) is 77.6 Å². The Morgan fingerprint density at radius 2 is 1.69 bits per heavy atom. The van der Waals surface area contributed by atoms with Crippen molar-refractivity contribution in [3.05, 3.63) is 0 Å². The van der Waals surface area contributed by atoms with E-state index in [0.717, 1.165) is 5.92 Å². The van der Waals surface area contributed by atoms with Crippen LogP contribution in [0.2, 0.25) is 0 Å². The molecule has 0 N–H and O–H groups in total. The topological polar surface area (TPSA) is 12.4 Å². The molecule has 0 aromatic rings. The summed E-state index contributed by atoms with van der Waals surface area (Å²) in [7, 11) is 2.00. The monoisotopic (exact) mass is 223 g/mol. The van der Waals surface area contributed by atoms with Gasteiger partial charge in [0.2, 0.25) is 0 Å². The highest BCUT2D eigenvalue weighted by molar-refractivity contribution is 5.86. The van der Waals surface area contributed by atoms with E-state index in [2.05, 4.69) is 11.9 Å². The van der Waals surface area contributed by atoms with E-state index in [0.29, 0.717) is 0 Å². The predicted octanol–water partition coefficient (Wildman–Crippen LogP) is 5.00. The number of hydrogen-bond acceptors (Lipinski definition) is 1. The first-order valence-corrected chi connectivity index (χ1v) is 7.34. The first-order chi connectivity index (χ1) is 7.88. The van der Waals surface area contributed by atoms with Crippen LogP contribution in [0.5, 0.6) is 0 Å². The molecule has 0 heterocycles. The molecule has 0 atom stereocenters. The molecule has 0 amide bonds. The summed E-state index contributed by atoms with van der Waals surface area (Å²) in [5.41, 5.74) is 1.52. The van der Waals surface area contributed by atoms with Gasteiger partial charge in [-0.05, 0) is 31.6 Å². The van der Waals surface area contributed by atoms with Crippen LogP contribution in [0.15, 0.2) is 4.99 Å². The maximum atomic E-state index is 4.55. The van der Waals surface area contributed by atoms with Gasteiger partial charge in [0, 0.05) is 12.8 Å². The third-order valence-corrected chi connectivity index (χ3v) is 3.90. The summed E-state index contributed by atoms with van der Waals surface area (Å²) in [4.78, 5) is 4.55. The van der Waals surface area contributed by atoms with Gasteiger partial charge in [-0.15, -0.1) is 0 Å². The summed E-state index contributed by atoms with van der Waals surface area (Å²) in [5.74, 6) is 0.838. The lowest BCUT2D eigenvalue weighted by Crippen LogP contribution is -2.17. The van der Waals surface area contributed by atoms with Crippen molar-refractivity contribution in [2.75, 3.05) is 7.05 Å². The number of unbranched alkanes of at least 4 members (excludes halogenated alkanes) is 4. The van der Waals surface area contributed by atoms with E-state index in [-0.39, 0.29) is 0 Å². The summed E-state index contributed by atoms with van der Waals surface area (Å²) in [6.45, 7) is 2.28. The highest BCUT2D eigenvalue weighted by Crippen LogP contribution is 2.26. The van der Waals surface area contributed by atoms with Crippen molar-refractivity contribution < 1.29 is 0 Å². The first-order valence-electron chi connectivity index (χ1n) is 7.34. The molecule has 1 fully saturated rings. The standard InChI is InChI=1S/C15H29N/c1-3-4-5-6-10-13-15(16-2)14-11-8-7-9-12-14/h14H,3-13H2,1-2H3/b16-15-. The number of aliphatic imine (C=N–C) groups is 1. The molecule has 0 spiro atoms. The summed E-state index contributed by atoms with van der Waals surface area (Å²) in [6, 6.07) is 0. The fourth-order valence-corrected chi connectivity index (χ4v) is 2.84. The highest BCUT2D eigenvalue weighted by Gasteiger charge is 2.17. The van der Waals surface area contributed by atoms with Crippen LogP contribution in [0.3, 0.4) is 0 Å². The largest absolute Gasteiger partial charge is 0.297 e. The Hall–Kier alpha value is -0.330. The zero-order chi connectivity index (χ0) is 11.6. The molecule has 0 radical (unpaired) electrons. The minimum Gasteiger partial charge on any atom is -0.297 e. The molecule has 1 aliphatic carbocycles. The molecule has 94 valence electrons. The maximum Gasteiger partial charge on any atom is 0.0276 e. The average molecular weight is 223 g/mol. The van der Waals surface area contributed by atoms with Crippen LogP contribution < -0.4 is 0 Å². The summed E-state index contributed by atoms with van der Waals surface area (Å²) in [5, 5.41) is 0. The second-order valence-corrected chi connectivity index (χ2v) is 5.21. The molecular formula is C15H29N. The van der Waals surface area contributed by atoms with Gasteiger partial charge in [-0.2, -0.15) is 0 Å². The molecule has 1 heteroatoms. The molecule has 1 saturated carbocycles. The molecule has 1 rings (SSSR count). The van der Waals surface area contributed by atoms with Crippen molar-refractivity contribution in [3.8, 4) is 0 Å². The summed E-state index contributed by atoms with van der Waals surface area (Å²) < 4.78 is 0. The predicted molar refractivity (Wildman–Crippen MR) is 73.3 cm³/mol. The van der Waals surface area contributed by atoms with Gasteiger partial charge in [0.05, 0.1) is 0 Å². The fraction of sp³-hybridized carbons (Fsp3) is 0.933. The first kappa shape index (κ1) is 13.7. The lowest BCUT2D eigenvalue weighted by Gasteiger charge is -2.23. The smallest absolute Gasteiger partial charge is 0.0276 e. The molecule has 0 aromatic carbocycles. The minimum atomic E-state index is 0.838. The van der Waals surface area contributed by atoms with Crippen LogP contribution in [-0.2, 0) is 0 Å². The molecule has 16 heavy (non-hydrogen) atoms. The van der Waals surface area contributed by atoms with E-state index >= 15 is 0 Å². The van der Waals surface area contributed by atoms with Crippen LogP contribution in [-0.4, -0.2) is 12.8 Å². The van der Waals surface area contributed by atoms with Gasteiger partial charge >= 0.3 is 0 Å². The molecule has 0 unspecified atom stereocenters. The lowest BCUT2D eigenvalue weighted by molar-refractivity contribution is 0.433. The zero-order valence-corrected chi connectivity index (χ0v) is 11.3. The van der Waals surface area contributed by atoms with Crippen LogP contribution >= 0.6 is 0 Å². The van der Waals surface area contributed by atoms with Crippen molar-refractivity contribution in [1.29, 1.82) is 0 Å². The Labute approximate surface area is 102 Å². The van der Waals surface area contributed by atoms with Gasteiger partial charge in [-0.1, -0.05) is 51.9 Å². The fourth-order valence-electron chi connectivity index (χ4n) is 2.84. The molecular weight excluding hydrogens is 194 g/mol. The van der Waals surface area contributed by atoms with Crippen molar-refractivity contribution in [3.63, 3.8) is 0 Å². The van der Waals surface area contributed by atoms with Gasteiger partial charge in [0.1, 0.15) is 0 Å². The number of hydrogen-bond donors (Lipinski definition) is 0. The molecule has 0 bridgehead atoms. The van der Waals surface area contributed by atoms with Crippen LogP contribution in [0.25, 0.3) is 0 Å². The second-order valence-electron chi connectivity index (χ2n) is 5.21. The van der Waals surface area contributed by atoms with Gasteiger partial charge in [0.25, 0.3) is 0 Å². The van der Waals surface area contributed by atoms with Gasteiger partial charge in [0.15, 0.2) is 0 Å². The maximum absolute atomic E-state index is 4.55. The SMILES string of the molecule is CCCCCCC/C(=N/C)C1CCCCC1. The Kier molecular flexibility index (Phi) is 7.54. The van der Waals surface area contributed by atoms with Crippen molar-refractivity contribution >= 4 is 5.71 Å². The third-order valence-electron chi connectivity index (χ3n) is 3.90. The van der Waals surface area contributed by atoms with Crippen LogP contribution in [0.4, 0.5) is 0 Å². The average Bonchev–Trinajstić information content (AvgIpc) is 2.35. The van der Waals surface area contributed by atoms with Gasteiger partial charge in [-0.25, -0.2) is 0 Å². The molecule has 0 aliphatic heterocycles. The minimum absolute atomic E-state index is 0.838. The number of nitrogens with zero attached hydrogens (tertiary/aromatic N) is 1. The van der Waals surface area contributed by atoms with E-state index in [1.165, 1.54) is 76.3 Å². The highest BCUT2D eigenvalue weighted by atomic mass is 14.7. The van der Waals surface area contributed by atoms with E-state index in [4.69, 9.17) is 0 Å². The molecule has 1 nitrogen and oxygen atoms in total. The van der Waals surface area contributed by atoms with Gasteiger partial charge < -0.3 is 0 Å². The van der Waals surface area contributed by atoms with Crippen molar-refractivity contribution in [2.24, 2.45) is 10.9 Å². The third kappa shape index (κ3) is 5.14. The Morgan fingerprint density at radius 3 is 2.31 bits per heavy atom. The normalized spacial score (nSPS) is 19.0. The second kappa shape index (κ2) is 8.78. The van der Waals surface area contributed by atoms with E-state index in [1.54, 1.807) is 0 Å². The van der Waals surface area contributed by atoms with E-state index in [1.807, 2.05) is 7.05 Å². The summed E-state index contributed by atoms with van der Waals surface area (Å²) >= 11 is 0. The lowest BCUT2D eigenvalue weighted by atomic mass is 9.84. The Morgan fingerprint density at radius 1 is 1.00 bits per heavy atom. The van der Waals surface area contributed by atoms with Crippen LogP contribution in [0, 0.1) is 5.92 Å². The summed E-state index contributed by atoms with van der Waals surface area (Å²) in [6.07, 6.45) is 15.3.